The van der Waals surface area contributed by atoms with Crippen LogP contribution in [-0.4, -0.2) is 15.0 Å². The van der Waals surface area contributed by atoms with E-state index in [0.717, 1.165) is 33.4 Å². The Morgan fingerprint density at radius 2 is 0.729 bits per heavy atom. The predicted molar refractivity (Wildman–Crippen MR) is 242 cm³/mol. The van der Waals surface area contributed by atoms with Crippen LogP contribution in [0.5, 0.6) is 0 Å². The lowest BCUT2D eigenvalue weighted by atomic mass is 9.67. The first-order valence-corrected chi connectivity index (χ1v) is 20.1. The van der Waals surface area contributed by atoms with Crippen LogP contribution in [0, 0.1) is 0 Å². The van der Waals surface area contributed by atoms with E-state index in [0.29, 0.717) is 17.5 Å². The molecule has 0 aliphatic heterocycles. The zero-order valence-corrected chi connectivity index (χ0v) is 32.2. The Morgan fingerprint density at radius 3 is 1.39 bits per heavy atom. The maximum absolute atomic E-state index is 5.13. The standard InChI is InChI=1S/C56H37N3/c1-5-17-38(18-6-1)39-31-33-41(34-32-39)54-57-53(40-19-7-2-8-20-40)58-55(59-54)44-23-15-21-42(35-44)47-29-16-22-43-36-50-48-28-13-14-30-51(48)56(52(50)37-49(43)47,45-24-9-3-10-25-45)46-26-11-4-12-27-46/h1-37H. The zero-order chi connectivity index (χ0) is 39.2. The van der Waals surface area contributed by atoms with Gasteiger partial charge in [0.05, 0.1) is 5.41 Å². The van der Waals surface area contributed by atoms with Crippen LogP contribution in [0.4, 0.5) is 0 Å². The van der Waals surface area contributed by atoms with Gasteiger partial charge in [-0.1, -0.05) is 206 Å². The smallest absolute Gasteiger partial charge is 0.164 e. The molecule has 9 aromatic carbocycles. The van der Waals surface area contributed by atoms with Crippen molar-refractivity contribution in [2.24, 2.45) is 0 Å². The van der Waals surface area contributed by atoms with Crippen LogP contribution in [0.3, 0.4) is 0 Å². The van der Waals surface area contributed by atoms with Gasteiger partial charge in [-0.05, 0) is 84.6 Å². The summed E-state index contributed by atoms with van der Waals surface area (Å²) >= 11 is 0. The topological polar surface area (TPSA) is 38.7 Å². The summed E-state index contributed by atoms with van der Waals surface area (Å²) in [5.41, 5.74) is 14.6. The van der Waals surface area contributed by atoms with E-state index in [1.807, 2.05) is 24.3 Å². The highest BCUT2D eigenvalue weighted by Crippen LogP contribution is 2.57. The molecule has 0 unspecified atom stereocenters. The number of rotatable bonds is 7. The highest BCUT2D eigenvalue weighted by atomic mass is 15.0. The van der Waals surface area contributed by atoms with E-state index in [4.69, 9.17) is 15.0 Å². The minimum Gasteiger partial charge on any atom is -0.208 e. The molecule has 0 N–H and O–H groups in total. The number of nitrogens with zero attached hydrogens (tertiary/aromatic N) is 3. The highest BCUT2D eigenvalue weighted by molar-refractivity contribution is 6.03. The molecule has 0 radical (unpaired) electrons. The lowest BCUT2D eigenvalue weighted by Gasteiger charge is -2.34. The Bertz CT molecular complexity index is 3080. The summed E-state index contributed by atoms with van der Waals surface area (Å²) in [6.07, 6.45) is 0. The van der Waals surface area contributed by atoms with Gasteiger partial charge in [0.2, 0.25) is 0 Å². The largest absolute Gasteiger partial charge is 0.208 e. The number of hydrogen-bond acceptors (Lipinski definition) is 3. The van der Waals surface area contributed by atoms with Gasteiger partial charge in [-0.3, -0.25) is 0 Å². The van der Waals surface area contributed by atoms with Crippen LogP contribution >= 0.6 is 0 Å². The SMILES string of the molecule is c1ccc(-c2ccc(-c3nc(-c4ccccc4)nc(-c4cccc(-c5cccc6cc7c(cc56)C(c5ccccc5)(c5ccccc5)c5ccccc5-7)c4)n3)cc2)cc1. The molecule has 0 atom stereocenters. The Kier molecular flexibility index (Phi) is 8.37. The fourth-order valence-corrected chi connectivity index (χ4v) is 9.08. The molecule has 0 saturated carbocycles. The Labute approximate surface area is 344 Å². The third-order valence-corrected chi connectivity index (χ3v) is 11.8. The van der Waals surface area contributed by atoms with Gasteiger partial charge in [0, 0.05) is 16.7 Å². The van der Waals surface area contributed by atoms with Crippen LogP contribution in [0.25, 0.3) is 78.3 Å². The summed E-state index contributed by atoms with van der Waals surface area (Å²) in [4.78, 5) is 15.2. The van der Waals surface area contributed by atoms with Crippen LogP contribution in [0.1, 0.15) is 22.3 Å². The summed E-state index contributed by atoms with van der Waals surface area (Å²) in [5, 5.41) is 2.40. The average Bonchev–Trinajstić information content (AvgIpc) is 3.61. The second-order valence-corrected chi connectivity index (χ2v) is 15.1. The van der Waals surface area contributed by atoms with Crippen LogP contribution in [0.2, 0.25) is 0 Å². The van der Waals surface area contributed by atoms with Gasteiger partial charge in [-0.25, -0.2) is 15.0 Å². The van der Waals surface area contributed by atoms with Gasteiger partial charge in [-0.2, -0.15) is 0 Å². The third-order valence-electron chi connectivity index (χ3n) is 11.8. The van der Waals surface area contributed by atoms with E-state index >= 15 is 0 Å². The molecule has 0 bridgehead atoms. The molecule has 0 spiro atoms. The van der Waals surface area contributed by atoms with E-state index in [9.17, 15) is 0 Å². The number of aromatic nitrogens is 3. The molecule has 59 heavy (non-hydrogen) atoms. The van der Waals surface area contributed by atoms with Crippen LogP contribution < -0.4 is 0 Å². The van der Waals surface area contributed by atoms with Crippen molar-refractivity contribution in [1.82, 2.24) is 15.0 Å². The summed E-state index contributed by atoms with van der Waals surface area (Å²) in [5.74, 6) is 1.91. The van der Waals surface area contributed by atoms with E-state index in [1.54, 1.807) is 0 Å². The van der Waals surface area contributed by atoms with Gasteiger partial charge in [-0.15, -0.1) is 0 Å². The summed E-state index contributed by atoms with van der Waals surface area (Å²) in [6, 6.07) is 80.1. The van der Waals surface area contributed by atoms with Gasteiger partial charge in [0.15, 0.2) is 17.5 Å². The Hall–Kier alpha value is -7.75. The van der Waals surface area contributed by atoms with Gasteiger partial charge in [0.25, 0.3) is 0 Å². The Balaban J connectivity index is 1.07. The van der Waals surface area contributed by atoms with Crippen molar-refractivity contribution < 1.29 is 0 Å². The van der Waals surface area contributed by atoms with Crippen molar-refractivity contribution in [1.29, 1.82) is 0 Å². The van der Waals surface area contributed by atoms with Crippen molar-refractivity contribution in [3.05, 3.63) is 247 Å². The maximum atomic E-state index is 5.13. The minimum absolute atomic E-state index is 0.480. The summed E-state index contributed by atoms with van der Waals surface area (Å²) < 4.78 is 0. The molecule has 0 amide bonds. The molecule has 1 aliphatic carbocycles. The van der Waals surface area contributed by atoms with Crippen molar-refractivity contribution in [3.63, 3.8) is 0 Å². The molecule has 1 heterocycles. The monoisotopic (exact) mass is 751 g/mol. The minimum atomic E-state index is -0.480. The first-order chi connectivity index (χ1) is 29.2. The molecule has 1 aromatic heterocycles. The number of hydrogen-bond donors (Lipinski definition) is 0. The summed E-state index contributed by atoms with van der Waals surface area (Å²) in [6.45, 7) is 0. The van der Waals surface area contributed by atoms with Crippen molar-refractivity contribution in [3.8, 4) is 67.5 Å². The fourth-order valence-electron chi connectivity index (χ4n) is 9.08. The normalized spacial score (nSPS) is 12.5. The van der Waals surface area contributed by atoms with Crippen LogP contribution in [-0.2, 0) is 5.41 Å². The first-order valence-electron chi connectivity index (χ1n) is 20.1. The second-order valence-electron chi connectivity index (χ2n) is 15.1. The van der Waals surface area contributed by atoms with E-state index in [-0.39, 0.29) is 0 Å². The first kappa shape index (κ1) is 34.5. The third kappa shape index (κ3) is 5.86. The second kappa shape index (κ2) is 14.3. The predicted octanol–water partition coefficient (Wildman–Crippen LogP) is 13.7. The molecule has 0 fully saturated rings. The van der Waals surface area contributed by atoms with E-state index in [2.05, 4.69) is 200 Å². The van der Waals surface area contributed by atoms with Gasteiger partial charge in [0.1, 0.15) is 0 Å². The highest BCUT2D eigenvalue weighted by Gasteiger charge is 2.46. The van der Waals surface area contributed by atoms with Crippen molar-refractivity contribution in [2.75, 3.05) is 0 Å². The number of benzene rings is 9. The molecule has 3 nitrogen and oxygen atoms in total. The average molecular weight is 752 g/mol. The lowest BCUT2D eigenvalue weighted by Crippen LogP contribution is -2.28. The molecule has 11 rings (SSSR count). The van der Waals surface area contributed by atoms with Gasteiger partial charge >= 0.3 is 0 Å². The molecule has 10 aromatic rings. The molecule has 1 aliphatic rings. The zero-order valence-electron chi connectivity index (χ0n) is 32.2. The van der Waals surface area contributed by atoms with Crippen LogP contribution in [0.15, 0.2) is 224 Å². The van der Waals surface area contributed by atoms with Gasteiger partial charge < -0.3 is 0 Å². The van der Waals surface area contributed by atoms with E-state index in [1.165, 1.54) is 49.7 Å². The van der Waals surface area contributed by atoms with E-state index < -0.39 is 5.41 Å². The fraction of sp³-hybridized carbons (Fsp3) is 0.0179. The van der Waals surface area contributed by atoms with Crippen molar-refractivity contribution in [2.45, 2.75) is 5.41 Å². The molecular formula is C56H37N3. The maximum Gasteiger partial charge on any atom is 0.164 e. The molecule has 3 heteroatoms. The Morgan fingerprint density at radius 1 is 0.271 bits per heavy atom. The molecule has 0 saturated heterocycles. The number of fused-ring (bicyclic) bond motifs is 4. The summed E-state index contributed by atoms with van der Waals surface area (Å²) in [7, 11) is 0. The molecule has 276 valence electrons. The quantitative estimate of drug-likeness (QED) is 0.163. The van der Waals surface area contributed by atoms with Crippen molar-refractivity contribution >= 4 is 10.8 Å². The molecular weight excluding hydrogens is 715 g/mol. The lowest BCUT2D eigenvalue weighted by molar-refractivity contribution is 0.769.